The van der Waals surface area contributed by atoms with Gasteiger partial charge in [-0.25, -0.2) is 9.97 Å². The van der Waals surface area contributed by atoms with Crippen LogP contribution >= 0.6 is 0 Å². The first-order valence-electron chi connectivity index (χ1n) is 12.6. The number of hydrogen-bond donors (Lipinski definition) is 2. The van der Waals surface area contributed by atoms with Gasteiger partial charge in [0.15, 0.2) is 11.6 Å². The van der Waals surface area contributed by atoms with Crippen LogP contribution in [0.15, 0.2) is 121 Å². The first kappa shape index (κ1) is 22.0. The number of rotatable bonds is 3. The van der Waals surface area contributed by atoms with E-state index in [1.54, 1.807) is 0 Å². The molecule has 0 saturated carbocycles. The van der Waals surface area contributed by atoms with Crippen molar-refractivity contribution in [3.8, 4) is 33.8 Å². The predicted octanol–water partition coefficient (Wildman–Crippen LogP) is 8.10. The minimum Gasteiger partial charge on any atom is -0.394 e. The van der Waals surface area contributed by atoms with Crippen molar-refractivity contribution >= 4 is 43.8 Å². The molecule has 0 fully saturated rings. The molecule has 180 valence electrons. The lowest BCUT2D eigenvalue weighted by Gasteiger charge is -2.13. The van der Waals surface area contributed by atoms with Gasteiger partial charge in [0, 0.05) is 11.1 Å². The zero-order valence-corrected chi connectivity index (χ0v) is 20.6. The third kappa shape index (κ3) is 3.54. The van der Waals surface area contributed by atoms with Gasteiger partial charge in [0.2, 0.25) is 0 Å². The third-order valence-corrected chi connectivity index (χ3v) is 7.22. The highest BCUT2D eigenvalue weighted by Crippen LogP contribution is 2.38. The summed E-state index contributed by atoms with van der Waals surface area (Å²) in [6, 6.07) is 42.1. The van der Waals surface area contributed by atoms with E-state index in [1.807, 2.05) is 42.5 Å². The van der Waals surface area contributed by atoms with E-state index < -0.39 is 0 Å². The van der Waals surface area contributed by atoms with Crippen LogP contribution in [-0.4, -0.2) is 9.97 Å². The molecule has 0 spiro atoms. The second-order valence-corrected chi connectivity index (χ2v) is 9.49. The molecule has 38 heavy (non-hydrogen) atoms. The Labute approximate surface area is 220 Å². The van der Waals surface area contributed by atoms with Crippen LogP contribution < -0.4 is 11.5 Å². The quantitative estimate of drug-likeness (QED) is 0.246. The van der Waals surface area contributed by atoms with Crippen molar-refractivity contribution in [3.05, 3.63) is 121 Å². The molecule has 0 amide bonds. The summed E-state index contributed by atoms with van der Waals surface area (Å²) in [5.41, 5.74) is 17.6. The molecule has 0 saturated heterocycles. The molecule has 7 rings (SSSR count). The Hall–Kier alpha value is -5.22. The summed E-state index contributed by atoms with van der Waals surface area (Å²) in [6.07, 6.45) is 0. The fraction of sp³-hybridized carbons (Fsp3) is 0. The van der Waals surface area contributed by atoms with Gasteiger partial charge in [-0.2, -0.15) is 0 Å². The molecule has 1 heterocycles. The monoisotopic (exact) mass is 488 g/mol. The molecule has 0 unspecified atom stereocenters. The molecular formula is C34H24N4. The lowest BCUT2D eigenvalue weighted by molar-refractivity contribution is 1.19. The lowest BCUT2D eigenvalue weighted by atomic mass is 9.91. The maximum absolute atomic E-state index is 6.39. The Bertz CT molecular complexity index is 1960. The Balaban J connectivity index is 1.40. The number of fused-ring (bicyclic) bond motifs is 6. The molecule has 4 heteroatoms. The van der Waals surface area contributed by atoms with Gasteiger partial charge < -0.3 is 11.5 Å². The Morgan fingerprint density at radius 2 is 0.921 bits per heavy atom. The standard InChI is InChI=1S/C34H24N4/c35-31-32(37-34(38-33(31)36)21-9-2-1-3-10-21)24-12-8-11-22(19-24)23-17-18-29-27-15-5-4-13-25(27)26-14-6-7-16-28(26)30(29)20-23/h1-20H,35H2,(H2,36,37,38). The summed E-state index contributed by atoms with van der Waals surface area (Å²) in [5.74, 6) is 0.838. The van der Waals surface area contributed by atoms with E-state index >= 15 is 0 Å². The number of benzene rings is 6. The van der Waals surface area contributed by atoms with Gasteiger partial charge in [-0.3, -0.25) is 0 Å². The molecule has 4 nitrogen and oxygen atoms in total. The first-order valence-corrected chi connectivity index (χ1v) is 12.6. The molecule has 4 N–H and O–H groups in total. The SMILES string of the molecule is Nc1nc(-c2ccccc2)nc(-c2cccc(-c3ccc4c5ccccc5c5ccccc5c4c3)c2)c1N. The van der Waals surface area contributed by atoms with Gasteiger partial charge in [0.05, 0.1) is 5.69 Å². The molecule has 0 bridgehead atoms. The number of nitrogens with two attached hydrogens (primary N) is 2. The summed E-state index contributed by atoms with van der Waals surface area (Å²) in [5, 5.41) is 7.54. The average Bonchev–Trinajstić information content (AvgIpc) is 2.99. The summed E-state index contributed by atoms with van der Waals surface area (Å²) in [4.78, 5) is 9.26. The molecule has 0 atom stereocenters. The highest BCUT2D eigenvalue weighted by Gasteiger charge is 2.15. The molecular weight excluding hydrogens is 464 g/mol. The van der Waals surface area contributed by atoms with E-state index in [0.29, 0.717) is 17.2 Å². The van der Waals surface area contributed by atoms with E-state index in [4.69, 9.17) is 16.5 Å². The van der Waals surface area contributed by atoms with Gasteiger partial charge in [0.1, 0.15) is 5.69 Å². The minimum atomic E-state index is 0.281. The van der Waals surface area contributed by atoms with Crippen molar-refractivity contribution in [1.82, 2.24) is 9.97 Å². The average molecular weight is 489 g/mol. The van der Waals surface area contributed by atoms with Crippen molar-refractivity contribution in [1.29, 1.82) is 0 Å². The van der Waals surface area contributed by atoms with E-state index in [2.05, 4.69) is 83.8 Å². The number of hydrogen-bond acceptors (Lipinski definition) is 4. The van der Waals surface area contributed by atoms with Crippen molar-refractivity contribution in [2.24, 2.45) is 0 Å². The van der Waals surface area contributed by atoms with Crippen LogP contribution in [0.5, 0.6) is 0 Å². The van der Waals surface area contributed by atoms with Crippen LogP contribution in [0.1, 0.15) is 0 Å². The molecule has 0 aliphatic carbocycles. The zero-order valence-electron chi connectivity index (χ0n) is 20.6. The van der Waals surface area contributed by atoms with Gasteiger partial charge in [0.25, 0.3) is 0 Å². The summed E-state index contributed by atoms with van der Waals surface area (Å²) in [6.45, 7) is 0. The zero-order chi connectivity index (χ0) is 25.6. The van der Waals surface area contributed by atoms with Crippen molar-refractivity contribution in [2.45, 2.75) is 0 Å². The van der Waals surface area contributed by atoms with E-state index in [0.717, 1.165) is 22.3 Å². The number of anilines is 2. The lowest BCUT2D eigenvalue weighted by Crippen LogP contribution is -2.04. The van der Waals surface area contributed by atoms with Crippen LogP contribution in [0.25, 0.3) is 66.1 Å². The number of nitrogens with zero attached hydrogens (tertiary/aromatic N) is 2. The van der Waals surface area contributed by atoms with E-state index in [-0.39, 0.29) is 5.82 Å². The second kappa shape index (κ2) is 8.71. The smallest absolute Gasteiger partial charge is 0.162 e. The fourth-order valence-corrected chi connectivity index (χ4v) is 5.36. The Kier molecular flexibility index (Phi) is 5.05. The highest BCUT2D eigenvalue weighted by atomic mass is 15.0. The maximum atomic E-state index is 6.39. The third-order valence-electron chi connectivity index (χ3n) is 7.22. The Morgan fingerprint density at radius 1 is 0.395 bits per heavy atom. The van der Waals surface area contributed by atoms with Crippen molar-refractivity contribution in [2.75, 3.05) is 11.5 Å². The van der Waals surface area contributed by atoms with Gasteiger partial charge in [-0.05, 0) is 55.6 Å². The van der Waals surface area contributed by atoms with Crippen LogP contribution in [0.3, 0.4) is 0 Å². The van der Waals surface area contributed by atoms with Crippen LogP contribution in [0.4, 0.5) is 11.5 Å². The van der Waals surface area contributed by atoms with Crippen molar-refractivity contribution < 1.29 is 0 Å². The molecule has 0 radical (unpaired) electrons. The fourth-order valence-electron chi connectivity index (χ4n) is 5.36. The minimum absolute atomic E-state index is 0.281. The molecule has 1 aromatic heterocycles. The van der Waals surface area contributed by atoms with Gasteiger partial charge in [-0.1, -0.05) is 109 Å². The highest BCUT2D eigenvalue weighted by molar-refractivity contribution is 6.25. The number of nitrogen functional groups attached to an aromatic ring is 2. The molecule has 0 aliphatic rings. The number of aromatic nitrogens is 2. The first-order chi connectivity index (χ1) is 18.7. The van der Waals surface area contributed by atoms with Crippen molar-refractivity contribution in [3.63, 3.8) is 0 Å². The summed E-state index contributed by atoms with van der Waals surface area (Å²) >= 11 is 0. The largest absolute Gasteiger partial charge is 0.394 e. The molecule has 7 aromatic rings. The summed E-state index contributed by atoms with van der Waals surface area (Å²) < 4.78 is 0. The van der Waals surface area contributed by atoms with E-state index in [9.17, 15) is 0 Å². The molecule has 6 aromatic carbocycles. The van der Waals surface area contributed by atoms with Gasteiger partial charge >= 0.3 is 0 Å². The van der Waals surface area contributed by atoms with Gasteiger partial charge in [-0.15, -0.1) is 0 Å². The predicted molar refractivity (Wildman–Crippen MR) is 160 cm³/mol. The second-order valence-electron chi connectivity index (χ2n) is 9.49. The van der Waals surface area contributed by atoms with Crippen LogP contribution in [0, 0.1) is 0 Å². The Morgan fingerprint density at radius 3 is 1.61 bits per heavy atom. The normalized spacial score (nSPS) is 11.4. The summed E-state index contributed by atoms with van der Waals surface area (Å²) in [7, 11) is 0. The molecule has 0 aliphatic heterocycles. The maximum Gasteiger partial charge on any atom is 0.162 e. The van der Waals surface area contributed by atoms with Crippen LogP contribution in [-0.2, 0) is 0 Å². The van der Waals surface area contributed by atoms with E-state index in [1.165, 1.54) is 32.3 Å². The topological polar surface area (TPSA) is 77.8 Å². The van der Waals surface area contributed by atoms with Crippen LogP contribution in [0.2, 0.25) is 0 Å².